The SMILES string of the molecule is C.C=CC[CH2][Zr+2]([CH3])[c]1cccc2c1C(C1=CC=CC1)c1ccccc1-2.[Cl-].[Cl-]. The molecule has 0 bridgehead atoms. The summed E-state index contributed by atoms with van der Waals surface area (Å²) in [5, 5.41) is 0. The number of halogens is 2. The molecule has 3 heteroatoms. The van der Waals surface area contributed by atoms with Crippen LogP contribution in [0.15, 0.2) is 78.9 Å². The average molecular weight is 478 g/mol. The van der Waals surface area contributed by atoms with E-state index in [-0.39, 0.29) is 32.2 Å². The van der Waals surface area contributed by atoms with Gasteiger partial charge in [-0.3, -0.25) is 0 Å². The first kappa shape index (κ1) is 24.2. The van der Waals surface area contributed by atoms with Crippen molar-refractivity contribution < 1.29 is 46.6 Å². The van der Waals surface area contributed by atoms with Crippen LogP contribution in [0.2, 0.25) is 8.76 Å². The zero-order chi connectivity index (χ0) is 16.5. The minimum atomic E-state index is -1.58. The standard InChI is InChI=1S/C18H13.C4H7.CH4.CH3.2ClH.Zr/c1-2-8-13(7-1)18-16-11-5-3-9-14(16)15-10-4-6-12-17(15)18;1-3-4-2;;;;;/h1-7,9-11,18H,8H2;3H,1-2,4H2;1H4;1H3;2*1H;/q;;;;;;+2/p-2. The van der Waals surface area contributed by atoms with Crippen molar-refractivity contribution in [1.29, 1.82) is 0 Å². The number of fused-ring (bicyclic) bond motifs is 3. The molecule has 0 saturated carbocycles. The molecular formula is C24H27Cl2Zr. The first-order chi connectivity index (χ1) is 11.8. The maximum atomic E-state index is 3.92. The molecule has 0 aromatic heterocycles. The Hall–Kier alpha value is -0.877. The van der Waals surface area contributed by atoms with E-state index in [4.69, 9.17) is 0 Å². The fourth-order valence-corrected chi connectivity index (χ4v) is 9.13. The van der Waals surface area contributed by atoms with Gasteiger partial charge in [0.1, 0.15) is 0 Å². The van der Waals surface area contributed by atoms with Gasteiger partial charge in [0, 0.05) is 0 Å². The van der Waals surface area contributed by atoms with Gasteiger partial charge in [-0.15, -0.1) is 0 Å². The third kappa shape index (κ3) is 4.42. The Morgan fingerprint density at radius 3 is 2.52 bits per heavy atom. The van der Waals surface area contributed by atoms with E-state index in [9.17, 15) is 0 Å². The predicted octanol–water partition coefficient (Wildman–Crippen LogP) is 0.615. The predicted molar refractivity (Wildman–Crippen MR) is 107 cm³/mol. The Morgan fingerprint density at radius 1 is 1.07 bits per heavy atom. The Balaban J connectivity index is 0.00000121. The zero-order valence-corrected chi connectivity index (χ0v) is 19.0. The molecule has 4 rings (SSSR count). The molecule has 27 heavy (non-hydrogen) atoms. The van der Waals surface area contributed by atoms with E-state index in [0.717, 1.165) is 12.8 Å². The summed E-state index contributed by atoms with van der Waals surface area (Å²) in [6.07, 6.45) is 11.2. The third-order valence-electron chi connectivity index (χ3n) is 5.31. The smallest absolute Gasteiger partial charge is 1.00 e. The third-order valence-corrected chi connectivity index (χ3v) is 11.2. The second-order valence-corrected chi connectivity index (χ2v) is 13.2. The van der Waals surface area contributed by atoms with Crippen molar-refractivity contribution >= 4 is 3.27 Å². The number of hydrogen-bond donors (Lipinski definition) is 0. The second-order valence-electron chi connectivity index (χ2n) is 6.77. The van der Waals surface area contributed by atoms with Crippen LogP contribution in [0.1, 0.15) is 37.3 Å². The molecule has 141 valence electrons. The van der Waals surface area contributed by atoms with Crippen LogP contribution in [0.4, 0.5) is 0 Å². The minimum absolute atomic E-state index is 0. The van der Waals surface area contributed by atoms with Crippen LogP contribution in [-0.2, 0) is 21.8 Å². The van der Waals surface area contributed by atoms with Crippen molar-refractivity contribution in [2.45, 2.75) is 34.9 Å². The summed E-state index contributed by atoms with van der Waals surface area (Å²) < 4.78 is 5.64. The molecule has 2 aromatic rings. The Bertz CT molecular complexity index is 851. The molecular weight excluding hydrogens is 450 g/mol. The fraction of sp³-hybridized carbons (Fsp3) is 0.250. The van der Waals surface area contributed by atoms with Crippen LogP contribution in [0, 0.1) is 0 Å². The maximum absolute atomic E-state index is 3.92. The molecule has 0 N–H and O–H groups in total. The van der Waals surface area contributed by atoms with Crippen LogP contribution >= 0.6 is 0 Å². The molecule has 2 aliphatic carbocycles. The summed E-state index contributed by atoms with van der Waals surface area (Å²) in [5.41, 5.74) is 7.64. The summed E-state index contributed by atoms with van der Waals surface area (Å²) in [6, 6.07) is 16.1. The number of allylic oxidation sites excluding steroid dienone is 5. The fourth-order valence-electron chi connectivity index (χ4n) is 4.15. The first-order valence-electron chi connectivity index (χ1n) is 8.82. The number of rotatable bonds is 5. The van der Waals surface area contributed by atoms with Crippen molar-refractivity contribution in [1.82, 2.24) is 0 Å². The minimum Gasteiger partial charge on any atom is -1.00 e. The van der Waals surface area contributed by atoms with E-state index >= 15 is 0 Å². The van der Waals surface area contributed by atoms with Crippen LogP contribution in [-0.4, -0.2) is 0 Å². The van der Waals surface area contributed by atoms with E-state index in [0.29, 0.717) is 5.92 Å². The zero-order valence-electron chi connectivity index (χ0n) is 15.0. The van der Waals surface area contributed by atoms with Crippen molar-refractivity contribution in [3.05, 3.63) is 90.0 Å². The molecule has 0 fully saturated rings. The quantitative estimate of drug-likeness (QED) is 0.554. The largest absolute Gasteiger partial charge is 1.00 e. The van der Waals surface area contributed by atoms with E-state index in [2.05, 4.69) is 78.0 Å². The summed E-state index contributed by atoms with van der Waals surface area (Å²) in [6.45, 7) is 3.92. The summed E-state index contributed by atoms with van der Waals surface area (Å²) >= 11 is -1.58. The van der Waals surface area contributed by atoms with Gasteiger partial charge >= 0.3 is 154 Å². The summed E-state index contributed by atoms with van der Waals surface area (Å²) in [4.78, 5) is 0. The van der Waals surface area contributed by atoms with Crippen molar-refractivity contribution in [3.8, 4) is 11.1 Å². The Labute approximate surface area is 185 Å². The van der Waals surface area contributed by atoms with Crippen molar-refractivity contribution in [3.63, 3.8) is 0 Å². The molecule has 0 spiro atoms. The Morgan fingerprint density at radius 2 is 1.81 bits per heavy atom. The molecule has 0 saturated heterocycles. The van der Waals surface area contributed by atoms with E-state index in [1.54, 1.807) is 14.4 Å². The molecule has 0 aliphatic heterocycles. The monoisotopic (exact) mass is 475 g/mol. The second kappa shape index (κ2) is 10.6. The van der Waals surface area contributed by atoms with Gasteiger partial charge in [0.2, 0.25) is 0 Å². The molecule has 2 aromatic carbocycles. The van der Waals surface area contributed by atoms with Crippen LogP contribution in [0.3, 0.4) is 0 Å². The van der Waals surface area contributed by atoms with Crippen LogP contribution in [0.5, 0.6) is 0 Å². The van der Waals surface area contributed by atoms with Gasteiger partial charge in [-0.2, -0.15) is 0 Å². The van der Waals surface area contributed by atoms with E-state index in [1.807, 2.05) is 0 Å². The average Bonchev–Trinajstić information content (AvgIpc) is 3.24. The van der Waals surface area contributed by atoms with Gasteiger partial charge in [0.05, 0.1) is 0 Å². The van der Waals surface area contributed by atoms with Gasteiger partial charge in [-0.1, -0.05) is 7.43 Å². The molecule has 2 aliphatic rings. The van der Waals surface area contributed by atoms with Gasteiger partial charge < -0.3 is 24.8 Å². The van der Waals surface area contributed by atoms with Crippen molar-refractivity contribution in [2.24, 2.45) is 0 Å². The van der Waals surface area contributed by atoms with E-state index in [1.165, 1.54) is 20.8 Å². The number of hydrogen-bond acceptors (Lipinski definition) is 0. The van der Waals surface area contributed by atoms with Gasteiger partial charge in [-0.25, -0.2) is 0 Å². The molecule has 0 nitrogen and oxygen atoms in total. The molecule has 1 atom stereocenters. The van der Waals surface area contributed by atoms with Crippen LogP contribution < -0.4 is 28.1 Å². The molecule has 0 amide bonds. The van der Waals surface area contributed by atoms with E-state index < -0.39 is 21.8 Å². The van der Waals surface area contributed by atoms with Gasteiger partial charge in [-0.05, 0) is 0 Å². The molecule has 0 radical (unpaired) electrons. The maximum Gasteiger partial charge on any atom is -1.00 e. The molecule has 0 heterocycles. The van der Waals surface area contributed by atoms with Crippen LogP contribution in [0.25, 0.3) is 11.1 Å². The van der Waals surface area contributed by atoms with Gasteiger partial charge in [0.15, 0.2) is 0 Å². The topological polar surface area (TPSA) is 0 Å². The number of benzene rings is 2. The first-order valence-corrected chi connectivity index (χ1v) is 14.2. The van der Waals surface area contributed by atoms with Crippen molar-refractivity contribution in [2.75, 3.05) is 0 Å². The summed E-state index contributed by atoms with van der Waals surface area (Å²) in [7, 11) is 0. The summed E-state index contributed by atoms with van der Waals surface area (Å²) in [5.74, 6) is 0.474. The normalized spacial score (nSPS) is 15.4. The van der Waals surface area contributed by atoms with Gasteiger partial charge in [0.25, 0.3) is 0 Å². The molecule has 1 unspecified atom stereocenters. The Kier molecular flexibility index (Phi) is 9.49.